The van der Waals surface area contributed by atoms with Gasteiger partial charge in [-0.1, -0.05) is 0 Å². The minimum Gasteiger partial charge on any atom is -0.342 e. The number of nitrogens with one attached hydrogen (secondary N) is 1. The highest BCUT2D eigenvalue weighted by atomic mass is 32.2. The standard InChI is InChI=1S/C12H14F3NOS/c1-11(2,3)16-10(17)18-9-6-4-8(5-7-9)12(13,14)15/h4-7H,1-3H3,(H,16,17). The van der Waals surface area contributed by atoms with Gasteiger partial charge in [-0.2, -0.15) is 13.2 Å². The molecule has 18 heavy (non-hydrogen) atoms. The van der Waals surface area contributed by atoms with Crippen LogP contribution in [0.3, 0.4) is 0 Å². The predicted octanol–water partition coefficient (Wildman–Crippen LogP) is 4.31. The summed E-state index contributed by atoms with van der Waals surface area (Å²) in [5.74, 6) is 0. The first-order chi connectivity index (χ1) is 8.08. The zero-order chi connectivity index (χ0) is 14.0. The third-order valence-electron chi connectivity index (χ3n) is 1.87. The molecule has 0 aliphatic heterocycles. The number of halogens is 3. The van der Waals surface area contributed by atoms with E-state index in [1.54, 1.807) is 0 Å². The first-order valence-electron chi connectivity index (χ1n) is 5.25. The molecule has 0 heterocycles. The number of rotatable bonds is 1. The van der Waals surface area contributed by atoms with Gasteiger partial charge in [-0.25, -0.2) is 0 Å². The highest BCUT2D eigenvalue weighted by molar-refractivity contribution is 8.13. The van der Waals surface area contributed by atoms with Crippen LogP contribution in [0.25, 0.3) is 0 Å². The van der Waals surface area contributed by atoms with Gasteiger partial charge in [0.05, 0.1) is 5.56 Å². The molecular weight excluding hydrogens is 263 g/mol. The molecular formula is C12H14F3NOS. The van der Waals surface area contributed by atoms with Crippen molar-refractivity contribution >= 4 is 17.0 Å². The first kappa shape index (κ1) is 14.9. The molecule has 1 N–H and O–H groups in total. The maximum absolute atomic E-state index is 12.3. The lowest BCUT2D eigenvalue weighted by Crippen LogP contribution is -2.38. The van der Waals surface area contributed by atoms with E-state index < -0.39 is 11.7 Å². The van der Waals surface area contributed by atoms with E-state index in [0.29, 0.717) is 4.90 Å². The van der Waals surface area contributed by atoms with Crippen LogP contribution in [0.2, 0.25) is 0 Å². The minimum absolute atomic E-state index is 0.290. The normalized spacial score (nSPS) is 12.3. The minimum atomic E-state index is -4.35. The average Bonchev–Trinajstić information content (AvgIpc) is 2.13. The van der Waals surface area contributed by atoms with E-state index in [4.69, 9.17) is 0 Å². The molecule has 1 aromatic carbocycles. The van der Waals surface area contributed by atoms with E-state index in [-0.39, 0.29) is 10.8 Å². The fourth-order valence-corrected chi connectivity index (χ4v) is 1.99. The SMILES string of the molecule is CC(C)(C)NC(=O)Sc1ccc(C(F)(F)F)cc1. The van der Waals surface area contributed by atoms with E-state index >= 15 is 0 Å². The highest BCUT2D eigenvalue weighted by Gasteiger charge is 2.30. The van der Waals surface area contributed by atoms with Gasteiger partial charge in [0.15, 0.2) is 0 Å². The van der Waals surface area contributed by atoms with Gasteiger partial charge in [-0.15, -0.1) is 0 Å². The van der Waals surface area contributed by atoms with Gasteiger partial charge in [-0.3, -0.25) is 4.79 Å². The van der Waals surface area contributed by atoms with Gasteiger partial charge in [0, 0.05) is 10.4 Å². The van der Waals surface area contributed by atoms with E-state index in [1.165, 1.54) is 12.1 Å². The fraction of sp³-hybridized carbons (Fsp3) is 0.417. The third kappa shape index (κ3) is 5.00. The fourth-order valence-electron chi connectivity index (χ4n) is 1.15. The summed E-state index contributed by atoms with van der Waals surface area (Å²) in [4.78, 5) is 12.0. The Morgan fingerprint density at radius 3 is 2.00 bits per heavy atom. The summed E-state index contributed by atoms with van der Waals surface area (Å²) < 4.78 is 37.0. The Balaban J connectivity index is 2.67. The highest BCUT2D eigenvalue weighted by Crippen LogP contribution is 2.30. The van der Waals surface area contributed by atoms with Crippen LogP contribution >= 0.6 is 11.8 Å². The molecule has 2 nitrogen and oxygen atoms in total. The number of thioether (sulfide) groups is 1. The van der Waals surface area contributed by atoms with Crippen molar-refractivity contribution in [1.82, 2.24) is 5.32 Å². The van der Waals surface area contributed by atoms with Crippen LogP contribution in [0.15, 0.2) is 29.2 Å². The second-order valence-corrected chi connectivity index (χ2v) is 5.83. The molecule has 0 atom stereocenters. The van der Waals surface area contributed by atoms with Crippen molar-refractivity contribution in [3.63, 3.8) is 0 Å². The Bertz CT molecular complexity index is 420. The van der Waals surface area contributed by atoms with Crippen LogP contribution in [0, 0.1) is 0 Å². The molecule has 0 spiro atoms. The molecule has 0 saturated carbocycles. The predicted molar refractivity (Wildman–Crippen MR) is 65.6 cm³/mol. The summed E-state index contributed by atoms with van der Waals surface area (Å²) in [6.45, 7) is 5.49. The quantitative estimate of drug-likeness (QED) is 0.775. The second-order valence-electron chi connectivity index (χ2n) is 4.79. The summed E-state index contributed by atoms with van der Waals surface area (Å²) in [6.07, 6.45) is -4.35. The van der Waals surface area contributed by atoms with Gasteiger partial charge < -0.3 is 5.32 Å². The average molecular weight is 277 g/mol. The van der Waals surface area contributed by atoms with Crippen molar-refractivity contribution < 1.29 is 18.0 Å². The molecule has 1 aromatic rings. The summed E-state index contributed by atoms with van der Waals surface area (Å²) in [5, 5.41) is 2.42. The molecule has 0 radical (unpaired) electrons. The van der Waals surface area contributed by atoms with Gasteiger partial charge >= 0.3 is 6.18 Å². The number of alkyl halides is 3. The summed E-state index contributed by atoms with van der Waals surface area (Å²) >= 11 is 0.872. The van der Waals surface area contributed by atoms with E-state index in [0.717, 1.165) is 23.9 Å². The Hall–Kier alpha value is -1.17. The van der Waals surface area contributed by atoms with Crippen molar-refractivity contribution in [1.29, 1.82) is 0 Å². The maximum atomic E-state index is 12.3. The van der Waals surface area contributed by atoms with Crippen LogP contribution < -0.4 is 5.32 Å². The van der Waals surface area contributed by atoms with Gasteiger partial charge in [-0.05, 0) is 56.8 Å². The molecule has 0 bridgehead atoms. The molecule has 0 aliphatic rings. The van der Waals surface area contributed by atoms with Crippen molar-refractivity contribution in [2.24, 2.45) is 0 Å². The van der Waals surface area contributed by atoms with Crippen LogP contribution in [0.4, 0.5) is 18.0 Å². The molecule has 1 amide bonds. The monoisotopic (exact) mass is 277 g/mol. The van der Waals surface area contributed by atoms with Crippen molar-refractivity contribution in [3.05, 3.63) is 29.8 Å². The second kappa shape index (κ2) is 5.22. The van der Waals surface area contributed by atoms with Crippen LogP contribution in [-0.2, 0) is 6.18 Å². The number of carbonyl (C=O) groups excluding carboxylic acids is 1. The van der Waals surface area contributed by atoms with Gasteiger partial charge in [0.25, 0.3) is 5.24 Å². The van der Waals surface area contributed by atoms with Gasteiger partial charge in [0.1, 0.15) is 0 Å². The zero-order valence-electron chi connectivity index (χ0n) is 10.3. The van der Waals surface area contributed by atoms with Crippen molar-refractivity contribution in [2.75, 3.05) is 0 Å². The molecule has 6 heteroatoms. The van der Waals surface area contributed by atoms with Crippen molar-refractivity contribution in [2.45, 2.75) is 37.4 Å². The Morgan fingerprint density at radius 1 is 1.11 bits per heavy atom. The van der Waals surface area contributed by atoms with E-state index in [2.05, 4.69) is 5.32 Å². The number of carbonyl (C=O) groups is 1. The summed E-state index contributed by atoms with van der Waals surface area (Å²) in [5.41, 5.74) is -1.08. The summed E-state index contributed by atoms with van der Waals surface area (Å²) in [6, 6.07) is 4.50. The molecule has 0 fully saturated rings. The number of hydrogen-bond acceptors (Lipinski definition) is 2. The summed E-state index contributed by atoms with van der Waals surface area (Å²) in [7, 11) is 0. The van der Waals surface area contributed by atoms with E-state index in [9.17, 15) is 18.0 Å². The number of benzene rings is 1. The lowest BCUT2D eigenvalue weighted by Gasteiger charge is -2.19. The molecule has 0 aliphatic carbocycles. The van der Waals surface area contributed by atoms with Crippen LogP contribution in [0.1, 0.15) is 26.3 Å². The molecule has 100 valence electrons. The Kier molecular flexibility index (Phi) is 4.32. The van der Waals surface area contributed by atoms with Crippen LogP contribution in [-0.4, -0.2) is 10.8 Å². The Labute approximate surface area is 108 Å². The maximum Gasteiger partial charge on any atom is 0.416 e. The lowest BCUT2D eigenvalue weighted by atomic mass is 10.1. The van der Waals surface area contributed by atoms with Crippen LogP contribution in [0.5, 0.6) is 0 Å². The Morgan fingerprint density at radius 2 is 1.61 bits per heavy atom. The smallest absolute Gasteiger partial charge is 0.342 e. The number of hydrogen-bond donors (Lipinski definition) is 1. The first-order valence-corrected chi connectivity index (χ1v) is 6.07. The third-order valence-corrected chi connectivity index (χ3v) is 2.66. The molecule has 0 unspecified atom stereocenters. The molecule has 0 aromatic heterocycles. The zero-order valence-corrected chi connectivity index (χ0v) is 11.1. The molecule has 1 rings (SSSR count). The van der Waals surface area contributed by atoms with E-state index in [1.807, 2.05) is 20.8 Å². The number of amides is 1. The largest absolute Gasteiger partial charge is 0.416 e. The topological polar surface area (TPSA) is 29.1 Å². The van der Waals surface area contributed by atoms with Gasteiger partial charge in [0.2, 0.25) is 0 Å². The molecule has 0 saturated heterocycles. The van der Waals surface area contributed by atoms with Crippen molar-refractivity contribution in [3.8, 4) is 0 Å². The lowest BCUT2D eigenvalue weighted by molar-refractivity contribution is -0.137.